The number of nitrogen functional groups attached to an aromatic ring is 1. The molecule has 0 saturated carbocycles. The number of benzene rings is 1. The first-order valence-electron chi connectivity index (χ1n) is 5.08. The van der Waals surface area contributed by atoms with Gasteiger partial charge in [0.05, 0.1) is 4.47 Å². The zero-order valence-corrected chi connectivity index (χ0v) is 10.8. The number of nitrogens with two attached hydrogens (primary N) is 1. The second-order valence-corrected chi connectivity index (χ2v) is 4.47. The number of nitrogens with one attached hydrogen (secondary N) is 1. The lowest BCUT2D eigenvalue weighted by atomic mass is 10.3. The van der Waals surface area contributed by atoms with Crippen LogP contribution in [0.25, 0.3) is 0 Å². The molecular weight excluding hydrogens is 303 g/mol. The van der Waals surface area contributed by atoms with Gasteiger partial charge < -0.3 is 11.1 Å². The largest absolute Gasteiger partial charge is 0.381 e. The number of hydrogen-bond donors (Lipinski definition) is 2. The van der Waals surface area contributed by atoms with Crippen LogP contribution in [0.1, 0.15) is 0 Å². The van der Waals surface area contributed by atoms with E-state index in [1.807, 2.05) is 0 Å². The highest BCUT2D eigenvalue weighted by molar-refractivity contribution is 9.10. The molecular formula is C11H10BrFN4O. The van der Waals surface area contributed by atoms with Crippen molar-refractivity contribution in [2.45, 2.75) is 6.54 Å². The van der Waals surface area contributed by atoms with E-state index in [0.29, 0.717) is 16.0 Å². The van der Waals surface area contributed by atoms with E-state index in [0.717, 1.165) is 0 Å². The van der Waals surface area contributed by atoms with Crippen LogP contribution in [0.3, 0.4) is 0 Å². The number of amides is 1. The molecule has 18 heavy (non-hydrogen) atoms. The van der Waals surface area contributed by atoms with Crippen molar-refractivity contribution in [2.24, 2.45) is 0 Å². The molecule has 1 amide bonds. The normalized spacial score (nSPS) is 10.3. The molecule has 2 rings (SSSR count). The molecule has 0 aliphatic rings. The summed E-state index contributed by atoms with van der Waals surface area (Å²) >= 11 is 3.20. The van der Waals surface area contributed by atoms with Gasteiger partial charge in [0.1, 0.15) is 12.4 Å². The maximum absolute atomic E-state index is 12.7. The van der Waals surface area contributed by atoms with Crippen LogP contribution < -0.4 is 11.1 Å². The van der Waals surface area contributed by atoms with E-state index < -0.39 is 0 Å². The second-order valence-electron chi connectivity index (χ2n) is 3.61. The summed E-state index contributed by atoms with van der Waals surface area (Å²) in [6, 6.07) is 5.53. The molecule has 1 heterocycles. The van der Waals surface area contributed by atoms with E-state index in [1.165, 1.54) is 28.9 Å². The molecule has 2 aromatic rings. The minimum Gasteiger partial charge on any atom is -0.381 e. The van der Waals surface area contributed by atoms with Crippen LogP contribution in [0, 0.1) is 5.82 Å². The van der Waals surface area contributed by atoms with Crippen LogP contribution in [0.2, 0.25) is 0 Å². The third kappa shape index (κ3) is 3.07. The summed E-state index contributed by atoms with van der Waals surface area (Å²) in [4.78, 5) is 11.7. The van der Waals surface area contributed by atoms with Gasteiger partial charge in [0.15, 0.2) is 5.82 Å². The van der Waals surface area contributed by atoms with Gasteiger partial charge in [0.2, 0.25) is 5.91 Å². The minimum absolute atomic E-state index is 0.0349. The lowest BCUT2D eigenvalue weighted by Crippen LogP contribution is -2.19. The maximum Gasteiger partial charge on any atom is 0.246 e. The van der Waals surface area contributed by atoms with Crippen molar-refractivity contribution in [3.63, 3.8) is 0 Å². The standard InChI is InChI=1S/C11H10BrFN4O/c12-9-5-17(16-11(9)14)6-10(18)15-8-3-1-7(13)2-4-8/h1-5H,6H2,(H2,14,16)(H,15,18). The average molecular weight is 313 g/mol. The highest BCUT2D eigenvalue weighted by atomic mass is 79.9. The fourth-order valence-corrected chi connectivity index (χ4v) is 1.69. The Labute approximate surface area is 111 Å². The minimum atomic E-state index is -0.350. The van der Waals surface area contributed by atoms with Crippen LogP contribution in [0.4, 0.5) is 15.9 Å². The number of rotatable bonds is 3. The number of halogens is 2. The molecule has 0 aliphatic carbocycles. The molecule has 94 valence electrons. The Bertz CT molecular complexity index is 547. The Morgan fingerprint density at radius 3 is 2.67 bits per heavy atom. The van der Waals surface area contributed by atoms with Crippen LogP contribution in [-0.2, 0) is 11.3 Å². The Morgan fingerprint density at radius 1 is 1.44 bits per heavy atom. The van der Waals surface area contributed by atoms with E-state index in [-0.39, 0.29) is 18.3 Å². The third-order valence-electron chi connectivity index (χ3n) is 2.18. The summed E-state index contributed by atoms with van der Waals surface area (Å²) < 4.78 is 14.7. The predicted molar refractivity (Wildman–Crippen MR) is 69.4 cm³/mol. The summed E-state index contributed by atoms with van der Waals surface area (Å²) in [5.74, 6) is -0.294. The smallest absolute Gasteiger partial charge is 0.246 e. The molecule has 0 spiro atoms. The van der Waals surface area contributed by atoms with E-state index in [1.54, 1.807) is 6.20 Å². The van der Waals surface area contributed by atoms with Gasteiger partial charge in [-0.15, -0.1) is 0 Å². The molecule has 7 heteroatoms. The monoisotopic (exact) mass is 312 g/mol. The Hall–Kier alpha value is -1.89. The van der Waals surface area contributed by atoms with Crippen LogP contribution in [0.15, 0.2) is 34.9 Å². The average Bonchev–Trinajstić information content (AvgIpc) is 2.61. The number of anilines is 2. The van der Waals surface area contributed by atoms with Crippen LogP contribution >= 0.6 is 15.9 Å². The fraction of sp³-hybridized carbons (Fsp3) is 0.0909. The molecule has 0 aliphatic heterocycles. The molecule has 0 radical (unpaired) electrons. The lowest BCUT2D eigenvalue weighted by molar-refractivity contribution is -0.116. The third-order valence-corrected chi connectivity index (χ3v) is 2.79. The molecule has 0 unspecified atom stereocenters. The number of carbonyl (C=O) groups excluding carboxylic acids is 1. The summed E-state index contributed by atoms with van der Waals surface area (Å²) in [6.07, 6.45) is 1.61. The van der Waals surface area contributed by atoms with Gasteiger partial charge in [0, 0.05) is 11.9 Å². The molecule has 0 saturated heterocycles. The quantitative estimate of drug-likeness (QED) is 0.910. The molecule has 3 N–H and O–H groups in total. The number of nitrogens with zero attached hydrogens (tertiary/aromatic N) is 2. The molecule has 5 nitrogen and oxygen atoms in total. The summed E-state index contributed by atoms with van der Waals surface area (Å²) in [7, 11) is 0. The zero-order valence-electron chi connectivity index (χ0n) is 9.23. The van der Waals surface area contributed by atoms with Crippen molar-refractivity contribution < 1.29 is 9.18 Å². The molecule has 0 fully saturated rings. The molecule has 1 aromatic carbocycles. The van der Waals surface area contributed by atoms with Crippen molar-refractivity contribution >= 4 is 33.3 Å². The Balaban J connectivity index is 1.98. The predicted octanol–water partition coefficient (Wildman–Crippen LogP) is 2.01. The highest BCUT2D eigenvalue weighted by Crippen LogP contribution is 2.16. The van der Waals surface area contributed by atoms with Crippen molar-refractivity contribution in [3.05, 3.63) is 40.8 Å². The first-order valence-corrected chi connectivity index (χ1v) is 5.88. The van der Waals surface area contributed by atoms with Gasteiger partial charge in [-0.25, -0.2) is 4.39 Å². The molecule has 0 atom stereocenters. The fourth-order valence-electron chi connectivity index (χ4n) is 1.37. The number of aromatic nitrogens is 2. The van der Waals surface area contributed by atoms with E-state index in [2.05, 4.69) is 26.3 Å². The SMILES string of the molecule is Nc1nn(CC(=O)Nc2ccc(F)cc2)cc1Br. The van der Waals surface area contributed by atoms with E-state index in [9.17, 15) is 9.18 Å². The summed E-state index contributed by atoms with van der Waals surface area (Å²) in [6.45, 7) is 0.0349. The summed E-state index contributed by atoms with van der Waals surface area (Å²) in [5.41, 5.74) is 6.06. The van der Waals surface area contributed by atoms with Crippen molar-refractivity contribution in [1.82, 2.24) is 9.78 Å². The topological polar surface area (TPSA) is 72.9 Å². The van der Waals surface area contributed by atoms with Crippen LogP contribution in [-0.4, -0.2) is 15.7 Å². The Morgan fingerprint density at radius 2 is 2.11 bits per heavy atom. The van der Waals surface area contributed by atoms with Crippen molar-refractivity contribution in [1.29, 1.82) is 0 Å². The summed E-state index contributed by atoms with van der Waals surface area (Å²) in [5, 5.41) is 6.56. The lowest BCUT2D eigenvalue weighted by Gasteiger charge is -2.04. The van der Waals surface area contributed by atoms with Crippen molar-refractivity contribution in [2.75, 3.05) is 11.1 Å². The van der Waals surface area contributed by atoms with Gasteiger partial charge in [-0.2, -0.15) is 5.10 Å². The van der Waals surface area contributed by atoms with Gasteiger partial charge >= 0.3 is 0 Å². The first kappa shape index (κ1) is 12.6. The first-order chi connectivity index (χ1) is 8.54. The van der Waals surface area contributed by atoms with Gasteiger partial charge in [-0.1, -0.05) is 0 Å². The molecule has 0 bridgehead atoms. The van der Waals surface area contributed by atoms with Crippen molar-refractivity contribution in [3.8, 4) is 0 Å². The highest BCUT2D eigenvalue weighted by Gasteiger charge is 2.07. The molecule has 1 aromatic heterocycles. The van der Waals surface area contributed by atoms with E-state index >= 15 is 0 Å². The number of carbonyl (C=O) groups is 1. The van der Waals surface area contributed by atoms with Gasteiger partial charge in [-0.05, 0) is 40.2 Å². The van der Waals surface area contributed by atoms with Crippen LogP contribution in [0.5, 0.6) is 0 Å². The van der Waals surface area contributed by atoms with E-state index in [4.69, 9.17) is 5.73 Å². The Kier molecular flexibility index (Phi) is 3.61. The number of hydrogen-bond acceptors (Lipinski definition) is 3. The zero-order chi connectivity index (χ0) is 13.1. The van der Waals surface area contributed by atoms with Gasteiger partial charge in [0.25, 0.3) is 0 Å². The second kappa shape index (κ2) is 5.18. The van der Waals surface area contributed by atoms with Gasteiger partial charge in [-0.3, -0.25) is 9.48 Å². The maximum atomic E-state index is 12.7.